The van der Waals surface area contributed by atoms with Crippen LogP contribution in [0.25, 0.3) is 0 Å². The monoisotopic (exact) mass is 448 g/mol. The summed E-state index contributed by atoms with van der Waals surface area (Å²) in [6.07, 6.45) is 11.0. The Kier molecular flexibility index (Phi) is 4.67. The van der Waals surface area contributed by atoms with E-state index in [-0.39, 0.29) is 57.2 Å². The molecular formula is C29H40N2O2. The van der Waals surface area contributed by atoms with E-state index in [0.717, 1.165) is 44.9 Å². The topological polar surface area (TPSA) is 83.9 Å². The number of allylic oxidation sites excluding steroid dienone is 4. The highest BCUT2D eigenvalue weighted by Gasteiger charge is 2.65. The average Bonchev–Trinajstić information content (AvgIpc) is 2.72. The molecule has 5 aliphatic rings. The summed E-state index contributed by atoms with van der Waals surface area (Å²) in [4.78, 5) is 27.0. The third-order valence-electron chi connectivity index (χ3n) is 11.1. The molecule has 0 aromatic heterocycles. The van der Waals surface area contributed by atoms with Gasteiger partial charge in [-0.25, -0.2) is 0 Å². The molecular weight excluding hydrogens is 408 g/mol. The molecule has 4 heteroatoms. The van der Waals surface area contributed by atoms with E-state index in [9.17, 15) is 14.9 Å². The minimum atomic E-state index is -0.608. The Hall–Kier alpha value is -1.73. The van der Waals surface area contributed by atoms with Crippen LogP contribution in [0.2, 0.25) is 0 Å². The van der Waals surface area contributed by atoms with Gasteiger partial charge >= 0.3 is 0 Å². The van der Waals surface area contributed by atoms with Crippen LogP contribution >= 0.6 is 0 Å². The van der Waals surface area contributed by atoms with Crippen LogP contribution in [0.4, 0.5) is 0 Å². The Bertz CT molecular complexity index is 1040. The first kappa shape index (κ1) is 23.0. The Morgan fingerprint density at radius 3 is 2.33 bits per heavy atom. The van der Waals surface area contributed by atoms with Crippen LogP contribution in [-0.4, -0.2) is 17.1 Å². The normalized spacial score (nSPS) is 47.7. The van der Waals surface area contributed by atoms with Gasteiger partial charge in [-0.3, -0.25) is 9.59 Å². The van der Waals surface area contributed by atoms with Crippen molar-refractivity contribution in [1.82, 2.24) is 0 Å². The first-order valence-electron chi connectivity index (χ1n) is 12.9. The van der Waals surface area contributed by atoms with Crippen molar-refractivity contribution in [2.45, 2.75) is 92.0 Å². The highest BCUT2D eigenvalue weighted by Crippen LogP contribution is 2.69. The maximum Gasteiger partial charge on any atom is 0.178 e. The van der Waals surface area contributed by atoms with Gasteiger partial charge in [0.1, 0.15) is 6.07 Å². The summed E-state index contributed by atoms with van der Waals surface area (Å²) in [7, 11) is 0. The Balaban J connectivity index is 1.65. The van der Waals surface area contributed by atoms with Crippen LogP contribution in [0.5, 0.6) is 0 Å². The van der Waals surface area contributed by atoms with Crippen LogP contribution in [0.1, 0.15) is 86.5 Å². The number of hydrogen-bond donors (Lipinski definition) is 1. The van der Waals surface area contributed by atoms with Gasteiger partial charge in [0, 0.05) is 22.3 Å². The highest BCUT2D eigenvalue weighted by molar-refractivity contribution is 6.04. The Morgan fingerprint density at radius 2 is 1.67 bits per heavy atom. The van der Waals surface area contributed by atoms with E-state index in [2.05, 4.69) is 33.8 Å². The summed E-state index contributed by atoms with van der Waals surface area (Å²) >= 11 is 0. The van der Waals surface area contributed by atoms with Gasteiger partial charge in [0.25, 0.3) is 0 Å². The van der Waals surface area contributed by atoms with Crippen molar-refractivity contribution in [3.8, 4) is 6.07 Å². The third-order valence-corrected chi connectivity index (χ3v) is 11.1. The lowest BCUT2D eigenvalue weighted by Gasteiger charge is -2.64. The fourth-order valence-electron chi connectivity index (χ4n) is 9.32. The average molecular weight is 449 g/mol. The Labute approximate surface area is 199 Å². The molecule has 0 radical (unpaired) electrons. The van der Waals surface area contributed by atoms with Crippen LogP contribution in [0, 0.1) is 56.7 Å². The van der Waals surface area contributed by atoms with Crippen molar-refractivity contribution in [1.29, 1.82) is 5.26 Å². The summed E-state index contributed by atoms with van der Waals surface area (Å²) in [6, 6.07) is 2.18. The van der Waals surface area contributed by atoms with Gasteiger partial charge in [0.2, 0.25) is 0 Å². The van der Waals surface area contributed by atoms with E-state index in [1.165, 1.54) is 5.57 Å². The minimum Gasteiger partial charge on any atom is -0.325 e. The van der Waals surface area contributed by atoms with Crippen LogP contribution < -0.4 is 5.73 Å². The van der Waals surface area contributed by atoms with Gasteiger partial charge in [-0.15, -0.1) is 0 Å². The number of hydrogen-bond acceptors (Lipinski definition) is 4. The highest BCUT2D eigenvalue weighted by atomic mass is 16.1. The third kappa shape index (κ3) is 2.90. The minimum absolute atomic E-state index is 0.00475. The van der Waals surface area contributed by atoms with E-state index in [4.69, 9.17) is 5.73 Å². The molecule has 0 heterocycles. The van der Waals surface area contributed by atoms with Crippen molar-refractivity contribution >= 4 is 11.6 Å². The lowest BCUT2D eigenvalue weighted by atomic mass is 9.39. The van der Waals surface area contributed by atoms with Gasteiger partial charge in [-0.2, -0.15) is 5.26 Å². The molecule has 0 spiro atoms. The molecule has 0 amide bonds. The molecule has 178 valence electrons. The van der Waals surface area contributed by atoms with Gasteiger partial charge in [0.15, 0.2) is 11.6 Å². The van der Waals surface area contributed by atoms with Gasteiger partial charge in [0.05, 0.1) is 5.57 Å². The molecule has 33 heavy (non-hydrogen) atoms. The molecule has 0 aromatic rings. The van der Waals surface area contributed by atoms with E-state index >= 15 is 0 Å². The number of nitriles is 1. The summed E-state index contributed by atoms with van der Waals surface area (Å²) in [5.41, 5.74) is 7.32. The Morgan fingerprint density at radius 1 is 0.970 bits per heavy atom. The van der Waals surface area contributed by atoms with Crippen LogP contribution in [-0.2, 0) is 9.59 Å². The first-order valence-corrected chi connectivity index (χ1v) is 12.9. The summed E-state index contributed by atoms with van der Waals surface area (Å²) in [5.74, 6) is 0.819. The number of ketones is 2. The number of Topliss-reactive ketones (excluding diaryl/α,β-unsaturated/α-hetero) is 1. The van der Waals surface area contributed by atoms with Gasteiger partial charge < -0.3 is 5.73 Å². The second-order valence-electron chi connectivity index (χ2n) is 13.9. The molecule has 2 N–H and O–H groups in total. The lowest BCUT2D eigenvalue weighted by Crippen LogP contribution is -2.64. The molecule has 5 rings (SSSR count). The van der Waals surface area contributed by atoms with E-state index in [1.54, 1.807) is 0 Å². The first-order chi connectivity index (χ1) is 15.2. The number of nitrogens with two attached hydrogens (primary N) is 1. The number of fused-ring (bicyclic) bond motifs is 7. The molecule has 3 saturated carbocycles. The van der Waals surface area contributed by atoms with Crippen molar-refractivity contribution in [3.63, 3.8) is 0 Å². The lowest BCUT2D eigenvalue weighted by molar-refractivity contribution is -0.140. The molecule has 4 nitrogen and oxygen atoms in total. The second-order valence-corrected chi connectivity index (χ2v) is 13.9. The maximum atomic E-state index is 13.9. The zero-order valence-corrected chi connectivity index (χ0v) is 21.3. The zero-order chi connectivity index (χ0) is 24.2. The smallest absolute Gasteiger partial charge is 0.178 e. The standard InChI is InChI=1S/C29H40N2O2/c1-25(2)11-12-29(31)10-7-18-23(19(29)15-25)20(32)13-22-27(18,5)9-8-21-26(3,4)24(33)17(16-30)14-28(21,22)6/h13-14,18-19,21,23H,7-12,15,31H2,1-6H3/t18?,19?,21?,23?,27-,28-,29+/m0/s1. The van der Waals surface area contributed by atoms with Crippen molar-refractivity contribution in [2.24, 2.45) is 51.1 Å². The molecule has 0 aromatic carbocycles. The quantitative estimate of drug-likeness (QED) is 0.528. The zero-order valence-electron chi connectivity index (χ0n) is 21.3. The predicted molar refractivity (Wildman–Crippen MR) is 129 cm³/mol. The van der Waals surface area contributed by atoms with Crippen LogP contribution in [0.15, 0.2) is 23.3 Å². The SMILES string of the molecule is CC1(C)CC[C@]2(N)CCC3C(C(=O)C=C4[C@@]5(C)C=C(C#N)C(=O)C(C)(C)C5CC[C@]43C)C2C1. The fraction of sp³-hybridized carbons (Fsp3) is 0.759. The number of carbonyl (C=O) groups is 2. The number of carbonyl (C=O) groups excluding carboxylic acids is 2. The van der Waals surface area contributed by atoms with Crippen molar-refractivity contribution in [2.75, 3.05) is 0 Å². The van der Waals surface area contributed by atoms with Crippen molar-refractivity contribution in [3.05, 3.63) is 23.3 Å². The molecule has 3 fully saturated rings. The molecule has 4 unspecified atom stereocenters. The van der Waals surface area contributed by atoms with Gasteiger partial charge in [-0.1, -0.05) is 53.2 Å². The predicted octanol–water partition coefficient (Wildman–Crippen LogP) is 5.53. The summed E-state index contributed by atoms with van der Waals surface area (Å²) in [5, 5.41) is 9.77. The number of rotatable bonds is 0. The maximum absolute atomic E-state index is 13.9. The molecule has 5 aliphatic carbocycles. The molecule has 0 saturated heterocycles. The van der Waals surface area contributed by atoms with E-state index < -0.39 is 10.8 Å². The largest absolute Gasteiger partial charge is 0.325 e. The summed E-state index contributed by atoms with van der Waals surface area (Å²) in [6.45, 7) is 13.2. The fourth-order valence-corrected chi connectivity index (χ4v) is 9.32. The number of nitrogens with zero attached hydrogens (tertiary/aromatic N) is 1. The van der Waals surface area contributed by atoms with Crippen LogP contribution in [0.3, 0.4) is 0 Å². The molecule has 0 aliphatic heterocycles. The molecule has 0 bridgehead atoms. The summed E-state index contributed by atoms with van der Waals surface area (Å²) < 4.78 is 0. The van der Waals surface area contributed by atoms with E-state index in [1.807, 2.05) is 26.0 Å². The van der Waals surface area contributed by atoms with Crippen molar-refractivity contribution < 1.29 is 9.59 Å². The molecule has 7 atom stereocenters. The van der Waals surface area contributed by atoms with E-state index in [0.29, 0.717) is 0 Å². The second kappa shape index (κ2) is 6.69. The van der Waals surface area contributed by atoms with Gasteiger partial charge in [-0.05, 0) is 79.6 Å².